The summed E-state index contributed by atoms with van der Waals surface area (Å²) in [4.78, 5) is 30.0. The highest BCUT2D eigenvalue weighted by molar-refractivity contribution is 6.20. The number of aryl methyl sites for hydroxylation is 1. The normalized spacial score (nSPS) is 16.3. The molecule has 0 aliphatic carbocycles. The van der Waals surface area contributed by atoms with E-state index in [-0.39, 0.29) is 5.78 Å². The van der Waals surface area contributed by atoms with Gasteiger partial charge in [0.15, 0.2) is 11.6 Å². The van der Waals surface area contributed by atoms with E-state index in [9.17, 15) is 4.79 Å². The van der Waals surface area contributed by atoms with E-state index in [1.165, 1.54) is 0 Å². The summed E-state index contributed by atoms with van der Waals surface area (Å²) in [6.07, 6.45) is 3.09. The molecule has 0 saturated heterocycles. The molecule has 0 bridgehead atoms. The van der Waals surface area contributed by atoms with Crippen molar-refractivity contribution in [2.45, 2.75) is 19.4 Å². The molecule has 1 atom stereocenters. The summed E-state index contributed by atoms with van der Waals surface area (Å²) in [5, 5.41) is 1.82. The van der Waals surface area contributed by atoms with Crippen molar-refractivity contribution < 1.29 is 9.53 Å². The molecule has 4 heterocycles. The van der Waals surface area contributed by atoms with Crippen LogP contribution in [0.3, 0.4) is 0 Å². The van der Waals surface area contributed by atoms with E-state index in [1.807, 2.05) is 49.4 Å². The van der Waals surface area contributed by atoms with Gasteiger partial charge in [-0.1, -0.05) is 17.7 Å². The third-order valence-corrected chi connectivity index (χ3v) is 5.45. The first-order valence-corrected chi connectivity index (χ1v) is 9.49. The van der Waals surface area contributed by atoms with Crippen LogP contribution in [0.4, 0.5) is 0 Å². The zero-order valence-electron chi connectivity index (χ0n) is 15.6. The van der Waals surface area contributed by atoms with Crippen molar-refractivity contribution in [1.82, 2.24) is 19.9 Å². The van der Waals surface area contributed by atoms with Crippen molar-refractivity contribution in [2.75, 3.05) is 0 Å². The van der Waals surface area contributed by atoms with Crippen molar-refractivity contribution in [3.05, 3.63) is 71.8 Å². The highest BCUT2D eigenvalue weighted by Crippen LogP contribution is 2.36. The van der Waals surface area contributed by atoms with E-state index < -0.39 is 6.10 Å². The Morgan fingerprint density at radius 3 is 2.59 bits per heavy atom. The number of benzene rings is 2. The maximum absolute atomic E-state index is 12.9. The van der Waals surface area contributed by atoms with E-state index in [0.717, 1.165) is 49.7 Å². The number of rotatable bonds is 1. The predicted octanol–water partition coefficient (Wildman–Crippen LogP) is 4.21. The topological polar surface area (TPSA) is 80.8 Å². The molecule has 0 spiro atoms. The Morgan fingerprint density at radius 2 is 1.76 bits per heavy atom. The quantitative estimate of drug-likeness (QED) is 0.441. The Morgan fingerprint density at radius 1 is 1.00 bits per heavy atom. The van der Waals surface area contributed by atoms with Gasteiger partial charge in [0.25, 0.3) is 0 Å². The first-order chi connectivity index (χ1) is 14.2. The van der Waals surface area contributed by atoms with Gasteiger partial charge in [0.1, 0.15) is 5.75 Å². The van der Waals surface area contributed by atoms with Crippen molar-refractivity contribution >= 4 is 38.6 Å². The molecule has 140 valence electrons. The molecule has 6 heteroatoms. The number of ether oxygens (including phenoxy) is 1. The third-order valence-electron chi connectivity index (χ3n) is 5.45. The fourth-order valence-corrected chi connectivity index (χ4v) is 4.13. The van der Waals surface area contributed by atoms with Crippen LogP contribution in [0.1, 0.15) is 23.1 Å². The molecule has 0 saturated carbocycles. The number of Topliss-reactive ketones (excluding diaryl/α,β-unsaturated/α-hetero) is 1. The molecule has 29 heavy (non-hydrogen) atoms. The van der Waals surface area contributed by atoms with E-state index in [1.54, 1.807) is 12.4 Å². The number of H-pyrrole nitrogens is 1. The number of ketones is 1. The molecule has 1 aliphatic heterocycles. The third kappa shape index (κ3) is 2.35. The first kappa shape index (κ1) is 16.2. The van der Waals surface area contributed by atoms with Crippen LogP contribution in [0.15, 0.2) is 54.9 Å². The maximum Gasteiger partial charge on any atom is 0.214 e. The molecule has 2 aromatic carbocycles. The Bertz CT molecular complexity index is 1380. The molecule has 0 fully saturated rings. The highest BCUT2D eigenvalue weighted by atomic mass is 16.5. The minimum Gasteiger partial charge on any atom is -0.474 e. The van der Waals surface area contributed by atoms with Gasteiger partial charge in [0.2, 0.25) is 6.10 Å². The zero-order valence-corrected chi connectivity index (χ0v) is 15.6. The summed E-state index contributed by atoms with van der Waals surface area (Å²) < 4.78 is 6.06. The van der Waals surface area contributed by atoms with Crippen LogP contribution in [0, 0.1) is 6.92 Å². The lowest BCUT2D eigenvalue weighted by atomic mass is 9.99. The van der Waals surface area contributed by atoms with Gasteiger partial charge >= 0.3 is 0 Å². The van der Waals surface area contributed by atoms with Gasteiger partial charge in [-0.05, 0) is 37.3 Å². The Kier molecular flexibility index (Phi) is 3.26. The van der Waals surface area contributed by atoms with E-state index >= 15 is 0 Å². The fraction of sp³-hybridized carbons (Fsp3) is 0.130. The monoisotopic (exact) mass is 380 g/mol. The Hall–Kier alpha value is -3.80. The summed E-state index contributed by atoms with van der Waals surface area (Å²) in [7, 11) is 0. The zero-order chi connectivity index (χ0) is 19.5. The fourth-order valence-electron chi connectivity index (χ4n) is 4.13. The van der Waals surface area contributed by atoms with Crippen LogP contribution in [0.2, 0.25) is 0 Å². The smallest absolute Gasteiger partial charge is 0.214 e. The molecule has 0 radical (unpaired) electrons. The van der Waals surface area contributed by atoms with E-state index in [0.29, 0.717) is 12.2 Å². The molecule has 6 rings (SSSR count). The summed E-state index contributed by atoms with van der Waals surface area (Å²) in [5.41, 5.74) is 5.25. The molecule has 5 aromatic rings. The number of nitrogens with zero attached hydrogens (tertiary/aromatic N) is 3. The Labute approximate surface area is 165 Å². The molecule has 1 N–H and O–H groups in total. The summed E-state index contributed by atoms with van der Waals surface area (Å²) in [5.74, 6) is 1.24. The van der Waals surface area contributed by atoms with Gasteiger partial charge in [0.05, 0.1) is 22.1 Å². The van der Waals surface area contributed by atoms with Crippen LogP contribution in [0.25, 0.3) is 32.8 Å². The van der Waals surface area contributed by atoms with E-state index in [4.69, 9.17) is 9.72 Å². The van der Waals surface area contributed by atoms with E-state index in [2.05, 4.69) is 15.0 Å². The minimum absolute atomic E-state index is 0.00739. The van der Waals surface area contributed by atoms with Gasteiger partial charge in [0, 0.05) is 35.2 Å². The standard InChI is InChI=1S/C23H16N4O2/c1-12-6-7-17-13(10-12)11-16(28)22(29-17)23-26-20-14-4-2-8-24-18(14)19-15(21(20)27-23)5-3-9-25-19/h2-10,22H,11H2,1H3,(H,26,27). The summed E-state index contributed by atoms with van der Waals surface area (Å²) in [6, 6.07) is 13.6. The molecule has 0 amide bonds. The molecule has 3 aromatic heterocycles. The minimum atomic E-state index is -0.754. The number of carbonyl (C=O) groups excluding carboxylic acids is 1. The van der Waals surface area contributed by atoms with Crippen molar-refractivity contribution in [3.8, 4) is 5.75 Å². The number of hydrogen-bond acceptors (Lipinski definition) is 5. The lowest BCUT2D eigenvalue weighted by Crippen LogP contribution is -2.26. The van der Waals surface area contributed by atoms with Gasteiger partial charge in [-0.15, -0.1) is 0 Å². The average molecular weight is 380 g/mol. The number of imidazole rings is 1. The SMILES string of the molecule is Cc1ccc2c(c1)CC(=O)C(c1nc3c4cccnc4c4ncccc4c3[nH]1)O2. The van der Waals surface area contributed by atoms with Crippen molar-refractivity contribution in [3.63, 3.8) is 0 Å². The number of hydrogen-bond donors (Lipinski definition) is 1. The lowest BCUT2D eigenvalue weighted by Gasteiger charge is -2.23. The number of pyridine rings is 2. The van der Waals surface area contributed by atoms with Crippen molar-refractivity contribution in [1.29, 1.82) is 0 Å². The van der Waals surface area contributed by atoms with Crippen molar-refractivity contribution in [2.24, 2.45) is 0 Å². The average Bonchev–Trinajstić information content (AvgIpc) is 3.19. The lowest BCUT2D eigenvalue weighted by molar-refractivity contribution is -0.126. The molecule has 1 aliphatic rings. The second kappa shape index (κ2) is 5.85. The summed E-state index contributed by atoms with van der Waals surface area (Å²) >= 11 is 0. The maximum atomic E-state index is 12.9. The van der Waals surface area contributed by atoms with Crippen LogP contribution in [-0.4, -0.2) is 25.7 Å². The molecule has 6 nitrogen and oxygen atoms in total. The highest BCUT2D eigenvalue weighted by Gasteiger charge is 2.32. The van der Waals surface area contributed by atoms with Crippen LogP contribution >= 0.6 is 0 Å². The molecule has 1 unspecified atom stereocenters. The van der Waals surface area contributed by atoms with Gasteiger partial charge < -0.3 is 9.72 Å². The Balaban J connectivity index is 1.58. The largest absolute Gasteiger partial charge is 0.474 e. The second-order valence-electron chi connectivity index (χ2n) is 7.40. The van der Waals surface area contributed by atoms with Crippen LogP contribution in [0.5, 0.6) is 5.75 Å². The van der Waals surface area contributed by atoms with Gasteiger partial charge in [-0.2, -0.15) is 0 Å². The predicted molar refractivity (Wildman–Crippen MR) is 110 cm³/mol. The molecular weight excluding hydrogens is 364 g/mol. The van der Waals surface area contributed by atoms with Gasteiger partial charge in [-0.3, -0.25) is 14.8 Å². The summed E-state index contributed by atoms with van der Waals surface area (Å²) in [6.45, 7) is 2.01. The first-order valence-electron chi connectivity index (χ1n) is 9.49. The molecular formula is C23H16N4O2. The van der Waals surface area contributed by atoms with Crippen LogP contribution < -0.4 is 4.74 Å². The number of aromatic amines is 1. The number of fused-ring (bicyclic) bond motifs is 7. The van der Waals surface area contributed by atoms with Gasteiger partial charge in [-0.25, -0.2) is 4.98 Å². The number of aromatic nitrogens is 4. The second-order valence-corrected chi connectivity index (χ2v) is 7.40. The van der Waals surface area contributed by atoms with Crippen LogP contribution in [-0.2, 0) is 11.2 Å². The number of carbonyl (C=O) groups is 1. The number of nitrogens with one attached hydrogen (secondary N) is 1.